The molecule has 1 aliphatic heterocycles. The number of hydrogen-bond acceptors (Lipinski definition) is 0. The van der Waals surface area contributed by atoms with Crippen molar-refractivity contribution in [1.82, 2.24) is 0 Å². The second-order valence-corrected chi connectivity index (χ2v) is 12.7. The largest absolute Gasteiger partial charge is 0.241 e. The van der Waals surface area contributed by atoms with Gasteiger partial charge < -0.3 is 0 Å². The van der Waals surface area contributed by atoms with Gasteiger partial charge in [-0.15, -0.1) is 0 Å². The zero-order valence-corrected chi connectivity index (χ0v) is 25.4. The SMILES string of the molecule is Cc1cc(C)c(B2c3cc(Cl)c(Cl)cc3B(c3c(C)cc(C)cc3C)c3c2ccc2c3-c3ccccc3-2)c(C)c1. The standard InChI is InChI=1S/C36H30B2Cl2/c1-19-13-21(3)34(22(4)14-19)37-28-12-11-27-25-9-7-8-10-26(25)33(27)36(28)38(30-18-32(40)31(39)17-29(30)37)35-23(5)15-20(2)16-24(35)6/h7-18H,1-6H3. The van der Waals surface area contributed by atoms with Crippen molar-refractivity contribution in [2.45, 2.75) is 41.5 Å². The highest BCUT2D eigenvalue weighted by Crippen LogP contribution is 2.45. The Labute approximate surface area is 248 Å². The van der Waals surface area contributed by atoms with Gasteiger partial charge in [-0.1, -0.05) is 150 Å². The first kappa shape index (κ1) is 25.8. The maximum Gasteiger partial charge on any atom is 0.241 e. The molecule has 0 fully saturated rings. The Hall–Kier alpha value is -3.19. The normalized spacial score (nSPS) is 12.9. The van der Waals surface area contributed by atoms with Crippen LogP contribution in [0.15, 0.2) is 72.8 Å². The lowest BCUT2D eigenvalue weighted by Gasteiger charge is -2.39. The molecule has 0 spiro atoms. The van der Waals surface area contributed by atoms with Crippen LogP contribution in [-0.4, -0.2) is 13.4 Å². The van der Waals surface area contributed by atoms with E-state index in [0.717, 1.165) is 0 Å². The van der Waals surface area contributed by atoms with Gasteiger partial charge in [0.05, 0.1) is 10.0 Å². The summed E-state index contributed by atoms with van der Waals surface area (Å²) in [5.41, 5.74) is 21.3. The average Bonchev–Trinajstić information content (AvgIpc) is 2.87. The third kappa shape index (κ3) is 3.62. The number of hydrogen-bond donors (Lipinski definition) is 0. The van der Waals surface area contributed by atoms with E-state index >= 15 is 0 Å². The van der Waals surface area contributed by atoms with Crippen LogP contribution in [0, 0.1) is 41.5 Å². The van der Waals surface area contributed by atoms with Gasteiger partial charge >= 0.3 is 0 Å². The molecule has 5 aromatic rings. The Bertz CT molecular complexity index is 1860. The molecule has 5 aromatic carbocycles. The van der Waals surface area contributed by atoms with Gasteiger partial charge in [0.15, 0.2) is 0 Å². The number of halogens is 2. The van der Waals surface area contributed by atoms with Crippen LogP contribution < -0.4 is 32.8 Å². The van der Waals surface area contributed by atoms with Crippen LogP contribution in [0.1, 0.15) is 33.4 Å². The van der Waals surface area contributed by atoms with Gasteiger partial charge in [0.1, 0.15) is 0 Å². The molecule has 0 saturated carbocycles. The van der Waals surface area contributed by atoms with Crippen LogP contribution in [0.5, 0.6) is 0 Å². The summed E-state index contributed by atoms with van der Waals surface area (Å²) < 4.78 is 0. The molecule has 194 valence electrons. The summed E-state index contributed by atoms with van der Waals surface area (Å²) in [7, 11) is 0. The molecule has 0 bridgehead atoms. The Morgan fingerprint density at radius 1 is 0.450 bits per heavy atom. The van der Waals surface area contributed by atoms with Crippen molar-refractivity contribution in [2.24, 2.45) is 0 Å². The van der Waals surface area contributed by atoms with E-state index in [0.29, 0.717) is 10.0 Å². The van der Waals surface area contributed by atoms with E-state index in [1.54, 1.807) is 0 Å². The smallest absolute Gasteiger partial charge is 0.0827 e. The van der Waals surface area contributed by atoms with Gasteiger partial charge in [-0.05, 0) is 75.9 Å². The van der Waals surface area contributed by atoms with Crippen LogP contribution in [-0.2, 0) is 0 Å². The topological polar surface area (TPSA) is 0 Å². The van der Waals surface area contributed by atoms with Gasteiger partial charge in [-0.3, -0.25) is 0 Å². The Morgan fingerprint density at radius 3 is 1.48 bits per heavy atom. The fraction of sp³-hybridized carbons (Fsp3) is 0.167. The molecule has 0 unspecified atom stereocenters. The number of benzene rings is 5. The van der Waals surface area contributed by atoms with Crippen molar-refractivity contribution in [3.8, 4) is 22.3 Å². The molecule has 0 atom stereocenters. The van der Waals surface area contributed by atoms with Crippen LogP contribution in [0.2, 0.25) is 10.0 Å². The molecule has 0 saturated heterocycles. The minimum Gasteiger partial charge on any atom is -0.0827 e. The van der Waals surface area contributed by atoms with Gasteiger partial charge in [0, 0.05) is 0 Å². The summed E-state index contributed by atoms with van der Waals surface area (Å²) in [4.78, 5) is 0. The van der Waals surface area contributed by atoms with Crippen molar-refractivity contribution >= 4 is 69.4 Å². The summed E-state index contributed by atoms with van der Waals surface area (Å²) in [6.07, 6.45) is 0. The van der Waals surface area contributed by atoms with Crippen LogP contribution >= 0.6 is 23.2 Å². The Kier molecular flexibility index (Phi) is 5.90. The minimum absolute atomic E-state index is 0.0611. The van der Waals surface area contributed by atoms with E-state index in [9.17, 15) is 0 Å². The third-order valence-corrected chi connectivity index (χ3v) is 9.89. The summed E-state index contributed by atoms with van der Waals surface area (Å²) in [6.45, 7) is 13.5. The monoisotopic (exact) mass is 554 g/mol. The number of rotatable bonds is 2. The number of aryl methyl sites for hydroxylation is 6. The molecular formula is C36H30B2Cl2. The number of fused-ring (bicyclic) bond motifs is 7. The zero-order chi connectivity index (χ0) is 28.0. The highest BCUT2D eigenvalue weighted by atomic mass is 35.5. The molecule has 0 nitrogen and oxygen atoms in total. The molecule has 7 rings (SSSR count). The fourth-order valence-corrected chi connectivity index (χ4v) is 8.24. The van der Waals surface area contributed by atoms with Crippen LogP contribution in [0.3, 0.4) is 0 Å². The summed E-state index contributed by atoms with van der Waals surface area (Å²) in [6, 6.07) is 27.2. The van der Waals surface area contributed by atoms with Crippen molar-refractivity contribution in [3.63, 3.8) is 0 Å². The van der Waals surface area contributed by atoms with E-state index in [-0.39, 0.29) is 13.4 Å². The average molecular weight is 555 g/mol. The minimum atomic E-state index is 0.0611. The maximum atomic E-state index is 6.84. The first-order valence-corrected chi connectivity index (χ1v) is 14.8. The predicted octanol–water partition coefficient (Wildman–Crippen LogP) is 5.84. The van der Waals surface area contributed by atoms with Gasteiger partial charge in [-0.2, -0.15) is 0 Å². The van der Waals surface area contributed by atoms with Crippen molar-refractivity contribution < 1.29 is 0 Å². The molecule has 1 aliphatic carbocycles. The molecule has 0 aromatic heterocycles. The molecule has 4 heteroatoms. The van der Waals surface area contributed by atoms with Crippen LogP contribution in [0.4, 0.5) is 0 Å². The first-order chi connectivity index (χ1) is 19.2. The lowest BCUT2D eigenvalue weighted by molar-refractivity contribution is 1.35. The first-order valence-electron chi connectivity index (χ1n) is 14.1. The Morgan fingerprint density at radius 2 is 0.925 bits per heavy atom. The molecular weight excluding hydrogens is 525 g/mol. The predicted molar refractivity (Wildman–Crippen MR) is 178 cm³/mol. The van der Waals surface area contributed by atoms with Gasteiger partial charge in [0.25, 0.3) is 0 Å². The van der Waals surface area contributed by atoms with Gasteiger partial charge in [0.2, 0.25) is 13.4 Å². The summed E-state index contributed by atoms with van der Waals surface area (Å²) >= 11 is 13.7. The summed E-state index contributed by atoms with van der Waals surface area (Å²) in [5, 5.41) is 1.23. The lowest BCUT2D eigenvalue weighted by atomic mass is 9.19. The second-order valence-electron chi connectivity index (χ2n) is 11.9. The van der Waals surface area contributed by atoms with E-state index in [4.69, 9.17) is 23.2 Å². The van der Waals surface area contributed by atoms with Crippen molar-refractivity contribution in [3.05, 3.63) is 116 Å². The maximum absolute atomic E-state index is 6.84. The zero-order valence-electron chi connectivity index (χ0n) is 23.8. The van der Waals surface area contributed by atoms with E-state index in [1.807, 2.05) is 0 Å². The summed E-state index contributed by atoms with van der Waals surface area (Å²) in [5.74, 6) is 0. The molecule has 0 N–H and O–H groups in total. The fourth-order valence-electron chi connectivity index (χ4n) is 7.89. The highest BCUT2D eigenvalue weighted by molar-refractivity contribution is 7.12. The van der Waals surface area contributed by atoms with E-state index in [2.05, 4.69) is 114 Å². The van der Waals surface area contributed by atoms with E-state index in [1.165, 1.54) is 88.4 Å². The highest BCUT2D eigenvalue weighted by Gasteiger charge is 2.44. The quantitative estimate of drug-likeness (QED) is 0.236. The van der Waals surface area contributed by atoms with Crippen molar-refractivity contribution in [2.75, 3.05) is 0 Å². The lowest BCUT2D eigenvalue weighted by Crippen LogP contribution is -2.76. The molecule has 0 radical (unpaired) electrons. The third-order valence-electron chi connectivity index (χ3n) is 9.17. The van der Waals surface area contributed by atoms with Crippen molar-refractivity contribution in [1.29, 1.82) is 0 Å². The molecule has 2 aliphatic rings. The second kappa shape index (κ2) is 9.16. The van der Waals surface area contributed by atoms with Crippen LogP contribution in [0.25, 0.3) is 22.3 Å². The van der Waals surface area contributed by atoms with Gasteiger partial charge in [-0.25, -0.2) is 0 Å². The Balaban J connectivity index is 1.64. The molecule has 0 amide bonds. The molecule has 40 heavy (non-hydrogen) atoms. The van der Waals surface area contributed by atoms with E-state index < -0.39 is 0 Å². The molecule has 1 heterocycles.